The van der Waals surface area contributed by atoms with Crippen LogP contribution in [-0.2, 0) is 4.74 Å². The molecule has 6 nitrogen and oxygen atoms in total. The maximum Gasteiger partial charge on any atom is 0.407 e. The lowest BCUT2D eigenvalue weighted by atomic mass is 10.1. The molecule has 0 bridgehead atoms. The van der Waals surface area contributed by atoms with Crippen molar-refractivity contribution in [2.45, 2.75) is 18.9 Å². The van der Waals surface area contributed by atoms with Gasteiger partial charge in [0.1, 0.15) is 17.7 Å². The number of hydrogen-bond acceptors (Lipinski definition) is 5. The zero-order valence-corrected chi connectivity index (χ0v) is 10.4. The molecule has 0 spiro atoms. The van der Waals surface area contributed by atoms with E-state index in [9.17, 15) is 4.79 Å². The Labute approximate surface area is 106 Å². The van der Waals surface area contributed by atoms with Gasteiger partial charge < -0.3 is 20.7 Å². The third kappa shape index (κ3) is 3.03. The minimum atomic E-state index is -0.365. The van der Waals surface area contributed by atoms with Gasteiger partial charge in [-0.2, -0.15) is 0 Å². The third-order valence-electron chi connectivity index (χ3n) is 3.00. The van der Waals surface area contributed by atoms with Crippen LogP contribution < -0.4 is 16.0 Å². The molecule has 0 aromatic carbocycles. The van der Waals surface area contributed by atoms with Crippen LogP contribution in [0.4, 0.5) is 16.4 Å². The molecule has 3 N–H and O–H groups in total. The van der Waals surface area contributed by atoms with Crippen LogP contribution in [0.5, 0.6) is 0 Å². The topological polar surface area (TPSA) is 80.5 Å². The summed E-state index contributed by atoms with van der Waals surface area (Å²) in [6.07, 6.45) is 1.24. The molecule has 98 valence electrons. The summed E-state index contributed by atoms with van der Waals surface area (Å²) < 4.78 is 5.23. The normalized spacial score (nSPS) is 16.4. The van der Waals surface area contributed by atoms with Crippen molar-refractivity contribution in [3.63, 3.8) is 0 Å². The maximum absolute atomic E-state index is 11.1. The van der Waals surface area contributed by atoms with Gasteiger partial charge >= 0.3 is 6.09 Å². The number of alkyl carbamates (subject to hydrolysis) is 1. The summed E-state index contributed by atoms with van der Waals surface area (Å²) in [7, 11) is 1.56. The lowest BCUT2D eigenvalue weighted by molar-refractivity contribution is 0.0848. The van der Waals surface area contributed by atoms with Crippen molar-refractivity contribution in [2.75, 3.05) is 30.8 Å². The number of nitrogens with zero attached hydrogens (tertiary/aromatic N) is 2. The number of pyridine rings is 1. The predicted octanol–water partition coefficient (Wildman–Crippen LogP) is 0.989. The molecule has 2 heterocycles. The highest BCUT2D eigenvalue weighted by molar-refractivity contribution is 5.66. The summed E-state index contributed by atoms with van der Waals surface area (Å²) in [5.74, 6) is 1.41. The van der Waals surface area contributed by atoms with Gasteiger partial charge in [-0.3, -0.25) is 0 Å². The van der Waals surface area contributed by atoms with Crippen LogP contribution in [0, 0.1) is 0 Å². The zero-order valence-electron chi connectivity index (χ0n) is 10.4. The number of nitrogens with one attached hydrogen (secondary N) is 1. The average molecular weight is 250 g/mol. The molecule has 0 radical (unpaired) electrons. The summed E-state index contributed by atoms with van der Waals surface area (Å²) in [6, 6.07) is 5.60. The number of nitrogens with two attached hydrogens (primary N) is 1. The molecule has 1 aliphatic rings. The molecule has 0 aliphatic carbocycles. The van der Waals surface area contributed by atoms with Gasteiger partial charge in [-0.1, -0.05) is 6.07 Å². The van der Waals surface area contributed by atoms with Crippen molar-refractivity contribution < 1.29 is 9.53 Å². The number of carbonyl (C=O) groups excluding carboxylic acids is 1. The van der Waals surface area contributed by atoms with E-state index in [0.29, 0.717) is 5.82 Å². The van der Waals surface area contributed by atoms with Crippen molar-refractivity contribution in [1.29, 1.82) is 0 Å². The van der Waals surface area contributed by atoms with Crippen LogP contribution in [0.2, 0.25) is 0 Å². The minimum Gasteiger partial charge on any atom is -0.446 e. The number of hydrogen-bond donors (Lipinski definition) is 2. The van der Waals surface area contributed by atoms with E-state index < -0.39 is 0 Å². The second-order valence-corrected chi connectivity index (χ2v) is 4.26. The Morgan fingerprint density at radius 3 is 2.83 bits per heavy atom. The number of nitrogen functional groups attached to an aromatic ring is 1. The molecule has 0 saturated carbocycles. The number of anilines is 2. The van der Waals surface area contributed by atoms with Gasteiger partial charge in [0, 0.05) is 33.0 Å². The Hall–Kier alpha value is -1.98. The van der Waals surface area contributed by atoms with E-state index in [4.69, 9.17) is 10.5 Å². The fourth-order valence-electron chi connectivity index (χ4n) is 2.03. The van der Waals surface area contributed by atoms with Gasteiger partial charge in [0.05, 0.1) is 0 Å². The van der Waals surface area contributed by atoms with Gasteiger partial charge in [-0.25, -0.2) is 9.78 Å². The lowest BCUT2D eigenvalue weighted by Gasteiger charge is -2.32. The van der Waals surface area contributed by atoms with Crippen LogP contribution >= 0.6 is 0 Å². The highest BCUT2D eigenvalue weighted by Crippen LogP contribution is 2.20. The van der Waals surface area contributed by atoms with E-state index in [1.54, 1.807) is 13.1 Å². The van der Waals surface area contributed by atoms with Crippen LogP contribution in [0.25, 0.3) is 0 Å². The second-order valence-electron chi connectivity index (χ2n) is 4.26. The van der Waals surface area contributed by atoms with Crippen molar-refractivity contribution in [3.8, 4) is 0 Å². The Morgan fingerprint density at radius 1 is 1.50 bits per heavy atom. The number of carbonyl (C=O) groups is 1. The Morgan fingerprint density at radius 2 is 2.22 bits per heavy atom. The van der Waals surface area contributed by atoms with E-state index in [2.05, 4.69) is 15.2 Å². The first-order valence-electron chi connectivity index (χ1n) is 6.05. The quantitative estimate of drug-likeness (QED) is 0.818. The van der Waals surface area contributed by atoms with E-state index >= 15 is 0 Å². The predicted molar refractivity (Wildman–Crippen MR) is 69.4 cm³/mol. The second kappa shape index (κ2) is 5.57. The highest BCUT2D eigenvalue weighted by Gasteiger charge is 2.22. The molecular weight excluding hydrogens is 232 g/mol. The standard InChI is InChI=1S/C12H18N4O2/c1-14-12(17)18-9-5-7-16(8-6-9)11-4-2-3-10(13)15-11/h2-4,9H,5-8H2,1H3,(H2,13,15)(H,14,17). The number of rotatable bonds is 2. The number of ether oxygens (including phenoxy) is 1. The summed E-state index contributed by atoms with van der Waals surface area (Å²) in [5, 5.41) is 2.46. The molecule has 1 amide bonds. The van der Waals surface area contributed by atoms with Crippen molar-refractivity contribution in [2.24, 2.45) is 0 Å². The molecule has 2 rings (SSSR count). The van der Waals surface area contributed by atoms with Gasteiger partial charge in [-0.05, 0) is 12.1 Å². The van der Waals surface area contributed by atoms with Gasteiger partial charge in [-0.15, -0.1) is 0 Å². The fraction of sp³-hybridized carbons (Fsp3) is 0.500. The maximum atomic E-state index is 11.1. The van der Waals surface area contributed by atoms with Crippen LogP contribution in [0.3, 0.4) is 0 Å². The first-order valence-corrected chi connectivity index (χ1v) is 6.05. The third-order valence-corrected chi connectivity index (χ3v) is 3.00. The molecule has 1 aromatic rings. The molecule has 0 atom stereocenters. The fourth-order valence-corrected chi connectivity index (χ4v) is 2.03. The van der Waals surface area contributed by atoms with Crippen LogP contribution in [0.1, 0.15) is 12.8 Å². The highest BCUT2D eigenvalue weighted by atomic mass is 16.6. The van der Waals surface area contributed by atoms with Gasteiger partial charge in [0.15, 0.2) is 0 Å². The first kappa shape index (κ1) is 12.5. The van der Waals surface area contributed by atoms with Gasteiger partial charge in [0.25, 0.3) is 0 Å². The summed E-state index contributed by atoms with van der Waals surface area (Å²) in [4.78, 5) is 17.5. The zero-order chi connectivity index (χ0) is 13.0. The molecule has 6 heteroatoms. The smallest absolute Gasteiger partial charge is 0.407 e. The largest absolute Gasteiger partial charge is 0.446 e. The number of piperidine rings is 1. The molecule has 1 fully saturated rings. The van der Waals surface area contributed by atoms with Crippen LogP contribution in [0.15, 0.2) is 18.2 Å². The lowest BCUT2D eigenvalue weighted by Crippen LogP contribution is -2.39. The first-order chi connectivity index (χ1) is 8.69. The molecular formula is C12H18N4O2. The molecule has 1 aliphatic heterocycles. The molecule has 18 heavy (non-hydrogen) atoms. The number of amides is 1. The van der Waals surface area contributed by atoms with E-state index in [1.807, 2.05) is 12.1 Å². The van der Waals surface area contributed by atoms with Gasteiger partial charge in [0.2, 0.25) is 0 Å². The Balaban J connectivity index is 1.88. The Bertz CT molecular complexity index is 416. The van der Waals surface area contributed by atoms with Crippen molar-refractivity contribution in [3.05, 3.63) is 18.2 Å². The van der Waals surface area contributed by atoms with E-state index in [-0.39, 0.29) is 12.2 Å². The monoisotopic (exact) mass is 250 g/mol. The van der Waals surface area contributed by atoms with Crippen molar-refractivity contribution in [1.82, 2.24) is 10.3 Å². The average Bonchev–Trinajstić information content (AvgIpc) is 2.39. The number of aromatic nitrogens is 1. The summed E-state index contributed by atoms with van der Waals surface area (Å²) in [6.45, 7) is 1.64. The summed E-state index contributed by atoms with van der Waals surface area (Å²) in [5.41, 5.74) is 5.66. The minimum absolute atomic E-state index is 0.0118. The SMILES string of the molecule is CNC(=O)OC1CCN(c2cccc(N)n2)CC1. The Kier molecular flexibility index (Phi) is 3.86. The van der Waals surface area contributed by atoms with E-state index in [1.165, 1.54) is 0 Å². The van der Waals surface area contributed by atoms with E-state index in [0.717, 1.165) is 31.7 Å². The van der Waals surface area contributed by atoms with Crippen LogP contribution in [-0.4, -0.2) is 37.3 Å². The molecule has 1 saturated heterocycles. The molecule has 1 aromatic heterocycles. The van der Waals surface area contributed by atoms with Crippen molar-refractivity contribution >= 4 is 17.7 Å². The summed E-state index contributed by atoms with van der Waals surface area (Å²) >= 11 is 0. The molecule has 0 unspecified atom stereocenters.